The number of nitrogens with one attached hydrogen (secondary N) is 2. The van der Waals surface area contributed by atoms with E-state index in [1.165, 1.54) is 0 Å². The molecule has 2 aromatic carbocycles. The standard InChI is InChI=1S/C22H28N4O3/c1-15(2)20(24-21(27)17-8-12-19(29-5)13-9-17)22(28)25-23-14-16-6-10-18(11-7-16)26(3)4/h6-15,20H,1-5H3,(H,24,27)(H,25,28). The minimum Gasteiger partial charge on any atom is -0.497 e. The normalized spacial score (nSPS) is 11.9. The van der Waals surface area contributed by atoms with Crippen molar-refractivity contribution in [2.75, 3.05) is 26.1 Å². The Hall–Kier alpha value is -3.35. The maximum atomic E-state index is 12.5. The van der Waals surface area contributed by atoms with Gasteiger partial charge in [-0.05, 0) is 47.9 Å². The Morgan fingerprint density at radius 1 is 1.03 bits per heavy atom. The first-order valence-electron chi connectivity index (χ1n) is 9.37. The van der Waals surface area contributed by atoms with Crippen LogP contribution in [0.5, 0.6) is 5.75 Å². The lowest BCUT2D eigenvalue weighted by Gasteiger charge is -2.20. The Kier molecular flexibility index (Phi) is 7.77. The lowest BCUT2D eigenvalue weighted by atomic mass is 10.0. The first kappa shape index (κ1) is 21.9. The van der Waals surface area contributed by atoms with Crippen molar-refractivity contribution in [1.82, 2.24) is 10.7 Å². The second-order valence-electron chi connectivity index (χ2n) is 7.14. The maximum absolute atomic E-state index is 12.5. The van der Waals surface area contributed by atoms with Crippen LogP contribution in [0.1, 0.15) is 29.8 Å². The molecule has 0 saturated carbocycles. The van der Waals surface area contributed by atoms with Crippen molar-refractivity contribution in [2.24, 2.45) is 11.0 Å². The molecule has 0 spiro atoms. The van der Waals surface area contributed by atoms with Crippen LogP contribution in [-0.4, -0.2) is 45.3 Å². The monoisotopic (exact) mass is 396 g/mol. The highest BCUT2D eigenvalue weighted by atomic mass is 16.5. The molecule has 0 saturated heterocycles. The number of nitrogens with zero attached hydrogens (tertiary/aromatic N) is 2. The third kappa shape index (κ3) is 6.34. The van der Waals surface area contributed by atoms with Crippen LogP contribution in [-0.2, 0) is 4.79 Å². The van der Waals surface area contributed by atoms with Crippen molar-refractivity contribution >= 4 is 23.7 Å². The first-order chi connectivity index (χ1) is 13.8. The van der Waals surface area contributed by atoms with Crippen LogP contribution in [0.15, 0.2) is 53.6 Å². The van der Waals surface area contributed by atoms with Gasteiger partial charge in [0, 0.05) is 25.3 Å². The Morgan fingerprint density at radius 3 is 2.17 bits per heavy atom. The van der Waals surface area contributed by atoms with Crippen molar-refractivity contribution < 1.29 is 14.3 Å². The molecule has 2 aromatic rings. The van der Waals surface area contributed by atoms with Gasteiger partial charge in [-0.15, -0.1) is 0 Å². The zero-order chi connectivity index (χ0) is 21.4. The molecule has 1 unspecified atom stereocenters. The highest BCUT2D eigenvalue weighted by Gasteiger charge is 2.24. The van der Waals surface area contributed by atoms with Crippen LogP contribution < -0.4 is 20.4 Å². The predicted octanol–water partition coefficient (Wildman–Crippen LogP) is 2.67. The van der Waals surface area contributed by atoms with Crippen LogP contribution in [0.25, 0.3) is 0 Å². The Labute approximate surface area is 171 Å². The largest absolute Gasteiger partial charge is 0.497 e. The second-order valence-corrected chi connectivity index (χ2v) is 7.14. The van der Waals surface area contributed by atoms with Gasteiger partial charge in [0.15, 0.2) is 0 Å². The fraction of sp³-hybridized carbons (Fsp3) is 0.318. The molecule has 1 atom stereocenters. The molecule has 2 rings (SSSR count). The van der Waals surface area contributed by atoms with Crippen LogP contribution >= 0.6 is 0 Å². The summed E-state index contributed by atoms with van der Waals surface area (Å²) in [4.78, 5) is 27.0. The Morgan fingerprint density at radius 2 is 1.66 bits per heavy atom. The van der Waals surface area contributed by atoms with Gasteiger partial charge in [0.1, 0.15) is 11.8 Å². The molecule has 0 heterocycles. The van der Waals surface area contributed by atoms with Gasteiger partial charge in [-0.25, -0.2) is 5.43 Å². The fourth-order valence-electron chi connectivity index (χ4n) is 2.60. The number of ether oxygens (including phenoxy) is 1. The van der Waals surface area contributed by atoms with Crippen LogP contribution in [0.2, 0.25) is 0 Å². The van der Waals surface area contributed by atoms with Crippen molar-refractivity contribution in [3.8, 4) is 5.75 Å². The van der Waals surface area contributed by atoms with Gasteiger partial charge < -0.3 is 15.0 Å². The first-order valence-corrected chi connectivity index (χ1v) is 9.37. The maximum Gasteiger partial charge on any atom is 0.262 e. The van der Waals surface area contributed by atoms with E-state index < -0.39 is 6.04 Å². The molecule has 0 aliphatic rings. The number of hydrogen-bond donors (Lipinski definition) is 2. The van der Waals surface area contributed by atoms with E-state index >= 15 is 0 Å². The number of amides is 2. The van der Waals surface area contributed by atoms with Gasteiger partial charge >= 0.3 is 0 Å². The molecule has 0 aliphatic heterocycles. The van der Waals surface area contributed by atoms with E-state index in [0.29, 0.717) is 11.3 Å². The summed E-state index contributed by atoms with van der Waals surface area (Å²) in [6.07, 6.45) is 1.57. The lowest BCUT2D eigenvalue weighted by Crippen LogP contribution is -2.48. The summed E-state index contributed by atoms with van der Waals surface area (Å²) in [7, 11) is 5.50. The third-order valence-corrected chi connectivity index (χ3v) is 4.39. The minimum atomic E-state index is -0.710. The van der Waals surface area contributed by atoms with Crippen molar-refractivity contribution in [3.63, 3.8) is 0 Å². The molecule has 29 heavy (non-hydrogen) atoms. The predicted molar refractivity (Wildman–Crippen MR) is 116 cm³/mol. The molecule has 7 nitrogen and oxygen atoms in total. The molecule has 2 amide bonds. The van der Waals surface area contributed by atoms with E-state index in [1.54, 1.807) is 37.6 Å². The van der Waals surface area contributed by atoms with Crippen LogP contribution in [0.4, 0.5) is 5.69 Å². The summed E-state index contributed by atoms with van der Waals surface area (Å²) >= 11 is 0. The number of hydrazone groups is 1. The van der Waals surface area contributed by atoms with Crippen molar-refractivity contribution in [3.05, 3.63) is 59.7 Å². The quantitative estimate of drug-likeness (QED) is 0.531. The van der Waals surface area contributed by atoms with Gasteiger partial charge in [0.05, 0.1) is 13.3 Å². The second kappa shape index (κ2) is 10.3. The van der Waals surface area contributed by atoms with E-state index in [4.69, 9.17) is 4.74 Å². The summed E-state index contributed by atoms with van der Waals surface area (Å²) in [5.41, 5.74) is 4.90. The van der Waals surface area contributed by atoms with Gasteiger partial charge in [0.2, 0.25) is 0 Å². The highest BCUT2D eigenvalue weighted by Crippen LogP contribution is 2.13. The topological polar surface area (TPSA) is 83.0 Å². The summed E-state index contributed by atoms with van der Waals surface area (Å²) in [5, 5.41) is 6.78. The van der Waals surface area contributed by atoms with Crippen molar-refractivity contribution in [1.29, 1.82) is 0 Å². The molecule has 0 aliphatic carbocycles. The number of hydrogen-bond acceptors (Lipinski definition) is 5. The summed E-state index contributed by atoms with van der Waals surface area (Å²) in [6, 6.07) is 13.8. The molecule has 2 N–H and O–H groups in total. The molecule has 154 valence electrons. The van der Waals surface area contributed by atoms with E-state index in [0.717, 1.165) is 11.3 Å². The van der Waals surface area contributed by atoms with E-state index in [-0.39, 0.29) is 17.7 Å². The van der Waals surface area contributed by atoms with Crippen LogP contribution in [0, 0.1) is 5.92 Å². The summed E-state index contributed by atoms with van der Waals surface area (Å²) in [6.45, 7) is 3.73. The van der Waals surface area contributed by atoms with Gasteiger partial charge in [-0.2, -0.15) is 5.10 Å². The van der Waals surface area contributed by atoms with Crippen LogP contribution in [0.3, 0.4) is 0 Å². The number of carbonyl (C=O) groups excluding carboxylic acids is 2. The Balaban J connectivity index is 1.98. The average molecular weight is 396 g/mol. The van der Waals surface area contributed by atoms with E-state index in [1.807, 2.05) is 57.1 Å². The molecular weight excluding hydrogens is 368 g/mol. The van der Waals surface area contributed by atoms with Gasteiger partial charge in [0.25, 0.3) is 11.8 Å². The minimum absolute atomic E-state index is 0.105. The smallest absolute Gasteiger partial charge is 0.262 e. The van der Waals surface area contributed by atoms with Gasteiger partial charge in [-0.1, -0.05) is 26.0 Å². The number of methoxy groups -OCH3 is 1. The van der Waals surface area contributed by atoms with Crippen molar-refractivity contribution in [2.45, 2.75) is 19.9 Å². The van der Waals surface area contributed by atoms with Gasteiger partial charge in [-0.3, -0.25) is 9.59 Å². The summed E-state index contributed by atoms with van der Waals surface area (Å²) < 4.78 is 5.09. The lowest BCUT2D eigenvalue weighted by molar-refractivity contribution is -0.123. The SMILES string of the molecule is COc1ccc(C(=O)NC(C(=O)NN=Cc2ccc(N(C)C)cc2)C(C)C)cc1. The fourth-order valence-corrected chi connectivity index (χ4v) is 2.60. The Bertz CT molecular complexity index is 843. The average Bonchev–Trinajstić information content (AvgIpc) is 2.71. The zero-order valence-electron chi connectivity index (χ0n) is 17.5. The number of anilines is 1. The van der Waals surface area contributed by atoms with E-state index in [2.05, 4.69) is 15.8 Å². The highest BCUT2D eigenvalue weighted by molar-refractivity contribution is 5.97. The third-order valence-electron chi connectivity index (χ3n) is 4.39. The molecule has 0 fully saturated rings. The molecule has 0 radical (unpaired) electrons. The molecule has 7 heteroatoms. The molecular formula is C22H28N4O3. The number of benzene rings is 2. The van der Waals surface area contributed by atoms with E-state index in [9.17, 15) is 9.59 Å². The number of rotatable bonds is 8. The molecule has 0 aromatic heterocycles. The zero-order valence-corrected chi connectivity index (χ0v) is 17.5. The number of carbonyl (C=O) groups is 2. The summed E-state index contributed by atoms with van der Waals surface area (Å²) in [5.74, 6) is -0.146. The molecule has 0 bridgehead atoms.